The second-order valence-corrected chi connectivity index (χ2v) is 6.60. The van der Waals surface area contributed by atoms with Crippen LogP contribution in [0.25, 0.3) is 0 Å². The standard InChI is InChI=1S/C12H22O7S.Mn/c1-3-5-6-9(4-2)7-12(11(15)16,8-10(13)14)20(17,18)19;/h9H,3-8H2,1-2H3,(H,13,14)(H,15,16)(H,17,18,19);/q;+3/p-3. The third-order valence-corrected chi connectivity index (χ3v) is 4.88. The molecule has 0 aromatic heterocycles. The summed E-state index contributed by atoms with van der Waals surface area (Å²) in [6.45, 7) is 3.63. The molecule has 7 nitrogen and oxygen atoms in total. The molecule has 0 N–H and O–H groups in total. The number of unbranched alkanes of at least 4 members (excludes halogenated alkanes) is 1. The first-order valence-electron chi connectivity index (χ1n) is 6.47. The van der Waals surface area contributed by atoms with E-state index >= 15 is 0 Å². The Hall–Kier alpha value is -0.631. The van der Waals surface area contributed by atoms with Crippen molar-refractivity contribution in [3.8, 4) is 0 Å². The molecular formula is C12H19MnO7S. The molecule has 122 valence electrons. The van der Waals surface area contributed by atoms with Crippen molar-refractivity contribution in [1.29, 1.82) is 0 Å². The summed E-state index contributed by atoms with van der Waals surface area (Å²) in [5, 5.41) is 21.8. The van der Waals surface area contributed by atoms with Gasteiger partial charge in [-0.3, -0.25) is 0 Å². The molecule has 0 saturated carbocycles. The number of hydrogen-bond donors (Lipinski definition) is 0. The zero-order valence-corrected chi connectivity index (χ0v) is 14.0. The molecule has 0 amide bonds. The van der Waals surface area contributed by atoms with Gasteiger partial charge in [0.15, 0.2) is 0 Å². The third kappa shape index (κ3) is 6.34. The first-order chi connectivity index (χ1) is 9.10. The number of carbonyl (C=O) groups excluding carboxylic acids is 2. The second-order valence-electron chi connectivity index (χ2n) is 4.91. The Bertz CT molecular complexity index is 449. The Balaban J connectivity index is 0. The van der Waals surface area contributed by atoms with Crippen LogP contribution in [0.15, 0.2) is 0 Å². The summed E-state index contributed by atoms with van der Waals surface area (Å²) in [5.74, 6) is -4.46. The molecule has 0 radical (unpaired) electrons. The molecule has 0 aliphatic rings. The SMILES string of the molecule is CCCCC(CC)CC(CC(=O)[O-])(C(=O)[O-])S(=O)(=O)[O-].[Mn+3]. The molecule has 0 aromatic carbocycles. The van der Waals surface area contributed by atoms with Crippen LogP contribution in [-0.2, 0) is 36.8 Å². The normalized spacial score (nSPS) is 15.6. The number of carboxylic acids is 2. The molecule has 2 atom stereocenters. The van der Waals surface area contributed by atoms with Gasteiger partial charge < -0.3 is 24.4 Å². The quantitative estimate of drug-likeness (QED) is 0.350. The smallest absolute Gasteiger partial charge is 0.747 e. The average Bonchev–Trinajstić information content (AvgIpc) is 2.30. The van der Waals surface area contributed by atoms with E-state index in [4.69, 9.17) is 0 Å². The maximum absolute atomic E-state index is 11.3. The van der Waals surface area contributed by atoms with Gasteiger partial charge in [-0.2, -0.15) is 0 Å². The van der Waals surface area contributed by atoms with Gasteiger partial charge in [-0.1, -0.05) is 39.5 Å². The van der Waals surface area contributed by atoms with E-state index in [1.165, 1.54) is 0 Å². The minimum atomic E-state index is -5.38. The molecule has 0 saturated heterocycles. The molecule has 0 heterocycles. The molecule has 0 rings (SSSR count). The first-order valence-corrected chi connectivity index (χ1v) is 7.88. The summed E-state index contributed by atoms with van der Waals surface area (Å²) >= 11 is 0. The summed E-state index contributed by atoms with van der Waals surface area (Å²) in [6.07, 6.45) is 0.558. The fourth-order valence-corrected chi connectivity index (χ4v) is 3.10. The third-order valence-electron chi connectivity index (χ3n) is 3.44. The predicted octanol–water partition coefficient (Wildman–Crippen LogP) is -1.24. The van der Waals surface area contributed by atoms with Gasteiger partial charge in [0.05, 0.1) is 5.97 Å². The molecule has 2 unspecified atom stereocenters. The first kappa shape index (κ1) is 22.6. The molecule has 0 aliphatic carbocycles. The van der Waals surface area contributed by atoms with Crippen LogP contribution in [0, 0.1) is 5.92 Å². The summed E-state index contributed by atoms with van der Waals surface area (Å²) < 4.78 is 30.9. The fourth-order valence-electron chi connectivity index (χ4n) is 2.16. The van der Waals surface area contributed by atoms with E-state index in [-0.39, 0.29) is 23.0 Å². The summed E-state index contributed by atoms with van der Waals surface area (Å²) in [4.78, 5) is 21.8. The van der Waals surface area contributed by atoms with Crippen molar-refractivity contribution in [2.75, 3.05) is 0 Å². The number of carboxylic acid groups (broad SMARTS) is 2. The van der Waals surface area contributed by atoms with Gasteiger partial charge in [0.2, 0.25) is 0 Å². The fraction of sp³-hybridized carbons (Fsp3) is 0.833. The number of hydrogen-bond acceptors (Lipinski definition) is 7. The van der Waals surface area contributed by atoms with E-state index in [0.717, 1.165) is 12.8 Å². The van der Waals surface area contributed by atoms with Crippen LogP contribution in [0.2, 0.25) is 0 Å². The van der Waals surface area contributed by atoms with E-state index in [2.05, 4.69) is 0 Å². The molecule has 21 heavy (non-hydrogen) atoms. The van der Waals surface area contributed by atoms with Crippen molar-refractivity contribution in [3.63, 3.8) is 0 Å². The molecular weight excluding hydrogens is 343 g/mol. The predicted molar refractivity (Wildman–Crippen MR) is 65.0 cm³/mol. The zero-order chi connectivity index (χ0) is 16.0. The minimum Gasteiger partial charge on any atom is -0.747 e. The van der Waals surface area contributed by atoms with Gasteiger partial charge in [0.25, 0.3) is 0 Å². The largest absolute Gasteiger partial charge is 3.00 e. The molecule has 0 bridgehead atoms. The van der Waals surface area contributed by atoms with Gasteiger partial charge >= 0.3 is 17.1 Å². The molecule has 9 heteroatoms. The Morgan fingerprint density at radius 2 is 1.71 bits per heavy atom. The number of aliphatic carboxylic acids is 2. The Morgan fingerprint density at radius 1 is 1.19 bits per heavy atom. The zero-order valence-electron chi connectivity index (χ0n) is 12.0. The van der Waals surface area contributed by atoms with E-state index in [1.807, 2.05) is 6.92 Å². The topological polar surface area (TPSA) is 137 Å². The van der Waals surface area contributed by atoms with E-state index in [9.17, 15) is 32.8 Å². The summed E-state index contributed by atoms with van der Waals surface area (Å²) in [5.41, 5.74) is 0. The van der Waals surface area contributed by atoms with E-state index in [1.54, 1.807) is 6.92 Å². The summed E-state index contributed by atoms with van der Waals surface area (Å²) in [7, 11) is -5.38. The van der Waals surface area contributed by atoms with Crippen LogP contribution in [0.5, 0.6) is 0 Å². The van der Waals surface area contributed by atoms with Crippen molar-refractivity contribution in [1.82, 2.24) is 0 Å². The monoisotopic (exact) mass is 362 g/mol. The Kier molecular flexibility index (Phi) is 10.1. The Labute approximate surface area is 135 Å². The van der Waals surface area contributed by atoms with Crippen molar-refractivity contribution < 1.29 is 49.8 Å². The molecule has 0 aliphatic heterocycles. The van der Waals surface area contributed by atoms with Crippen LogP contribution in [0.3, 0.4) is 0 Å². The average molecular weight is 362 g/mol. The van der Waals surface area contributed by atoms with Gasteiger partial charge in [-0.05, 0) is 12.3 Å². The number of rotatable bonds is 10. The van der Waals surface area contributed by atoms with E-state index < -0.39 is 39.6 Å². The van der Waals surface area contributed by atoms with Crippen molar-refractivity contribution in [2.24, 2.45) is 5.92 Å². The van der Waals surface area contributed by atoms with Gasteiger partial charge in [-0.15, -0.1) is 0 Å². The van der Waals surface area contributed by atoms with Crippen LogP contribution in [-0.4, -0.2) is 29.7 Å². The molecule has 0 aromatic rings. The Morgan fingerprint density at radius 3 is 2.00 bits per heavy atom. The summed E-state index contributed by atoms with van der Waals surface area (Å²) in [6, 6.07) is 0. The number of carbonyl (C=O) groups is 2. The maximum Gasteiger partial charge on any atom is 3.00 e. The van der Waals surface area contributed by atoms with Crippen LogP contribution >= 0.6 is 0 Å². The van der Waals surface area contributed by atoms with Gasteiger partial charge in [0.1, 0.15) is 14.9 Å². The second kappa shape index (κ2) is 9.40. The van der Waals surface area contributed by atoms with Crippen molar-refractivity contribution in [3.05, 3.63) is 0 Å². The maximum atomic E-state index is 11.3. The minimum absolute atomic E-state index is 0. The van der Waals surface area contributed by atoms with Crippen molar-refractivity contribution >= 4 is 22.1 Å². The van der Waals surface area contributed by atoms with E-state index in [0.29, 0.717) is 12.8 Å². The van der Waals surface area contributed by atoms with Gasteiger partial charge in [0, 0.05) is 12.4 Å². The van der Waals surface area contributed by atoms with Crippen LogP contribution in [0.4, 0.5) is 0 Å². The van der Waals surface area contributed by atoms with Crippen LogP contribution in [0.1, 0.15) is 52.4 Å². The van der Waals surface area contributed by atoms with Crippen LogP contribution < -0.4 is 10.2 Å². The molecule has 0 spiro atoms. The van der Waals surface area contributed by atoms with Gasteiger partial charge in [-0.25, -0.2) is 8.42 Å². The molecule has 0 fully saturated rings. The van der Waals surface area contributed by atoms with Crippen molar-refractivity contribution in [2.45, 2.75) is 57.1 Å².